The van der Waals surface area contributed by atoms with Gasteiger partial charge in [-0.05, 0) is 23.1 Å². The minimum Gasteiger partial charge on any atom is -0.356 e. The fraction of sp³-hybridized carbons (Fsp3) is 0.556. The Balaban J connectivity index is 2.43. The number of nitrogens with zero attached hydrogens (tertiary/aromatic N) is 1. The van der Waals surface area contributed by atoms with Gasteiger partial charge in [0, 0.05) is 11.9 Å². The Bertz CT molecular complexity index is 212. The molecule has 2 heteroatoms. The van der Waals surface area contributed by atoms with Gasteiger partial charge in [0.25, 0.3) is 0 Å². The van der Waals surface area contributed by atoms with Gasteiger partial charge < -0.3 is 4.84 Å². The first-order chi connectivity index (χ1) is 5.33. The molecule has 2 nitrogen and oxygen atoms in total. The Morgan fingerprint density at radius 3 is 3.09 bits per heavy atom. The molecule has 0 N–H and O–H groups in total. The van der Waals surface area contributed by atoms with Crippen LogP contribution < -0.4 is 0 Å². The highest BCUT2D eigenvalue weighted by atomic mass is 16.6. The molecule has 1 atom stereocenters. The molecule has 0 aliphatic carbocycles. The second-order valence-corrected chi connectivity index (χ2v) is 2.88. The molecule has 0 fully saturated rings. The highest BCUT2D eigenvalue weighted by Gasteiger charge is 2.02. The second-order valence-electron chi connectivity index (χ2n) is 2.88. The molecule has 11 heavy (non-hydrogen) atoms. The monoisotopic (exact) mass is 151 g/mol. The molecule has 0 saturated carbocycles. The van der Waals surface area contributed by atoms with Gasteiger partial charge in [-0.25, -0.2) is 0 Å². The van der Waals surface area contributed by atoms with Gasteiger partial charge in [0.2, 0.25) is 0 Å². The number of rotatable bonds is 3. The standard InChI is InChI=1S/C9H13NO/c1-3-8(2)6-9-4-5-10-11-7-9/h4,7-8H,3,6H2,1-2H3. The van der Waals surface area contributed by atoms with Crippen LogP contribution in [0, 0.1) is 5.92 Å². The van der Waals surface area contributed by atoms with Gasteiger partial charge >= 0.3 is 0 Å². The summed E-state index contributed by atoms with van der Waals surface area (Å²) < 4.78 is 0. The molecule has 0 aromatic carbocycles. The van der Waals surface area contributed by atoms with E-state index in [0.717, 1.165) is 6.42 Å². The Labute approximate surface area is 67.2 Å². The first-order valence-electron chi connectivity index (χ1n) is 3.96. The van der Waals surface area contributed by atoms with E-state index in [4.69, 9.17) is 4.84 Å². The lowest BCUT2D eigenvalue weighted by atomic mass is 10.00. The summed E-state index contributed by atoms with van der Waals surface area (Å²) >= 11 is 0. The minimum atomic E-state index is 0.709. The van der Waals surface area contributed by atoms with Gasteiger partial charge in [-0.15, -0.1) is 0 Å². The van der Waals surface area contributed by atoms with E-state index >= 15 is 0 Å². The van der Waals surface area contributed by atoms with Crippen LogP contribution in [0.2, 0.25) is 0 Å². The Morgan fingerprint density at radius 2 is 2.55 bits per heavy atom. The molecular weight excluding hydrogens is 138 g/mol. The Morgan fingerprint density at radius 1 is 1.73 bits per heavy atom. The lowest BCUT2D eigenvalue weighted by Gasteiger charge is -2.08. The molecule has 0 aromatic rings. The van der Waals surface area contributed by atoms with Crippen molar-refractivity contribution in [2.45, 2.75) is 26.7 Å². The lowest BCUT2D eigenvalue weighted by molar-refractivity contribution is 0.264. The molecule has 1 unspecified atom stereocenters. The molecule has 1 heterocycles. The molecule has 0 aromatic heterocycles. The van der Waals surface area contributed by atoms with E-state index < -0.39 is 0 Å². The summed E-state index contributed by atoms with van der Waals surface area (Å²) in [6.07, 6.45) is 5.81. The van der Waals surface area contributed by atoms with E-state index in [1.807, 2.05) is 6.08 Å². The van der Waals surface area contributed by atoms with Crippen molar-refractivity contribution in [2.75, 3.05) is 0 Å². The van der Waals surface area contributed by atoms with Crippen LogP contribution in [0.1, 0.15) is 26.7 Å². The van der Waals surface area contributed by atoms with Gasteiger partial charge in [-0.2, -0.15) is 0 Å². The van der Waals surface area contributed by atoms with Crippen molar-refractivity contribution in [1.82, 2.24) is 0 Å². The van der Waals surface area contributed by atoms with E-state index in [9.17, 15) is 0 Å². The predicted octanol–water partition coefficient (Wildman–Crippen LogP) is 2.48. The highest BCUT2D eigenvalue weighted by Crippen LogP contribution is 2.15. The van der Waals surface area contributed by atoms with E-state index in [2.05, 4.69) is 24.9 Å². The molecule has 60 valence electrons. The van der Waals surface area contributed by atoms with Crippen LogP contribution in [-0.4, -0.2) is 5.87 Å². The lowest BCUT2D eigenvalue weighted by Crippen LogP contribution is -1.95. The normalized spacial score (nSPS) is 17.5. The zero-order valence-electron chi connectivity index (χ0n) is 7.00. The SMILES string of the molecule is CCC(C)CC1=CON=C=C1. The summed E-state index contributed by atoms with van der Waals surface area (Å²) in [6.45, 7) is 4.41. The third kappa shape index (κ3) is 2.60. The number of hydrogen-bond acceptors (Lipinski definition) is 2. The van der Waals surface area contributed by atoms with E-state index in [0.29, 0.717) is 5.92 Å². The Hall–Kier alpha value is -1.01. The highest BCUT2D eigenvalue weighted by molar-refractivity contribution is 5.57. The zero-order valence-corrected chi connectivity index (χ0v) is 7.00. The molecule has 1 aliphatic heterocycles. The summed E-state index contributed by atoms with van der Waals surface area (Å²) in [5.74, 6) is 3.38. The van der Waals surface area contributed by atoms with Gasteiger partial charge in [0.15, 0.2) is 0 Å². The van der Waals surface area contributed by atoms with Crippen molar-refractivity contribution in [3.63, 3.8) is 0 Å². The number of allylic oxidation sites excluding steroid dienone is 2. The maximum Gasteiger partial charge on any atom is 0.126 e. The number of hydrogen-bond donors (Lipinski definition) is 0. The molecule has 1 rings (SSSR count). The minimum absolute atomic E-state index is 0.709. The maximum atomic E-state index is 4.75. The zero-order chi connectivity index (χ0) is 8.10. The van der Waals surface area contributed by atoms with Gasteiger partial charge in [-0.1, -0.05) is 20.3 Å². The van der Waals surface area contributed by atoms with Crippen molar-refractivity contribution < 1.29 is 4.84 Å². The van der Waals surface area contributed by atoms with E-state index in [1.54, 1.807) is 6.26 Å². The first kappa shape index (κ1) is 8.09. The average Bonchev–Trinajstić information content (AvgIpc) is 2.06. The average molecular weight is 151 g/mol. The molecule has 0 bridgehead atoms. The van der Waals surface area contributed by atoms with Crippen LogP contribution in [0.4, 0.5) is 0 Å². The van der Waals surface area contributed by atoms with Crippen molar-refractivity contribution >= 4 is 5.87 Å². The van der Waals surface area contributed by atoms with Crippen LogP contribution >= 0.6 is 0 Å². The van der Waals surface area contributed by atoms with Crippen LogP contribution in [0.15, 0.2) is 23.1 Å². The molecule has 0 amide bonds. The molecular formula is C9H13NO. The molecule has 0 spiro atoms. The van der Waals surface area contributed by atoms with Crippen molar-refractivity contribution in [3.8, 4) is 0 Å². The van der Waals surface area contributed by atoms with Crippen LogP contribution in [0.5, 0.6) is 0 Å². The Kier molecular flexibility index (Phi) is 2.94. The summed E-state index contributed by atoms with van der Waals surface area (Å²) in [7, 11) is 0. The van der Waals surface area contributed by atoms with Crippen LogP contribution in [-0.2, 0) is 4.84 Å². The maximum absolute atomic E-state index is 4.75. The third-order valence-corrected chi connectivity index (χ3v) is 1.84. The van der Waals surface area contributed by atoms with Gasteiger partial charge in [0.1, 0.15) is 6.26 Å². The first-order valence-corrected chi connectivity index (χ1v) is 3.96. The second kappa shape index (κ2) is 3.99. The van der Waals surface area contributed by atoms with E-state index in [-0.39, 0.29) is 0 Å². The summed E-state index contributed by atoms with van der Waals surface area (Å²) in [5, 5.41) is 3.48. The molecule has 1 aliphatic rings. The largest absolute Gasteiger partial charge is 0.356 e. The third-order valence-electron chi connectivity index (χ3n) is 1.84. The molecule has 0 radical (unpaired) electrons. The van der Waals surface area contributed by atoms with Crippen molar-refractivity contribution in [3.05, 3.63) is 17.9 Å². The summed E-state index contributed by atoms with van der Waals surface area (Å²) in [5.41, 5.74) is 1.18. The van der Waals surface area contributed by atoms with Gasteiger partial charge in [-0.3, -0.25) is 0 Å². The fourth-order valence-electron chi connectivity index (χ4n) is 0.922. The van der Waals surface area contributed by atoms with E-state index in [1.165, 1.54) is 12.0 Å². The summed E-state index contributed by atoms with van der Waals surface area (Å²) in [4.78, 5) is 4.75. The van der Waals surface area contributed by atoms with Gasteiger partial charge in [0.05, 0.1) is 0 Å². The van der Waals surface area contributed by atoms with Crippen molar-refractivity contribution in [1.29, 1.82) is 0 Å². The van der Waals surface area contributed by atoms with Crippen molar-refractivity contribution in [2.24, 2.45) is 11.1 Å². The quantitative estimate of drug-likeness (QED) is 0.607. The summed E-state index contributed by atoms with van der Waals surface area (Å²) in [6, 6.07) is 0. The topological polar surface area (TPSA) is 21.6 Å². The smallest absolute Gasteiger partial charge is 0.126 e. The fourth-order valence-corrected chi connectivity index (χ4v) is 0.922. The van der Waals surface area contributed by atoms with Crippen LogP contribution in [0.25, 0.3) is 0 Å². The molecule has 0 saturated heterocycles. The van der Waals surface area contributed by atoms with Crippen LogP contribution in [0.3, 0.4) is 0 Å². The predicted molar refractivity (Wildman–Crippen MR) is 45.2 cm³/mol.